The van der Waals surface area contributed by atoms with Gasteiger partial charge in [0, 0.05) is 12.1 Å². The molecule has 2 aromatic rings. The number of hydrogen-bond acceptors (Lipinski definition) is 2. The summed E-state index contributed by atoms with van der Waals surface area (Å²) >= 11 is 0. The predicted octanol–water partition coefficient (Wildman–Crippen LogP) is 3.37. The van der Waals surface area contributed by atoms with Crippen LogP contribution in [0.15, 0.2) is 36.4 Å². The Labute approximate surface area is 101 Å². The maximum Gasteiger partial charge on any atom is 0.218 e. The summed E-state index contributed by atoms with van der Waals surface area (Å²) < 4.78 is 31.6. The summed E-state index contributed by atoms with van der Waals surface area (Å²) in [6.45, 7) is 0. The summed E-state index contributed by atoms with van der Waals surface area (Å²) in [5.41, 5.74) is 0.844. The van der Waals surface area contributed by atoms with E-state index in [1.165, 1.54) is 29.2 Å². The highest BCUT2D eigenvalue weighted by Crippen LogP contribution is 2.46. The molecule has 0 bridgehead atoms. The van der Waals surface area contributed by atoms with Crippen LogP contribution >= 0.6 is 0 Å². The van der Waals surface area contributed by atoms with Gasteiger partial charge in [0.25, 0.3) is 0 Å². The first kappa shape index (κ1) is 10.7. The zero-order valence-corrected chi connectivity index (χ0v) is 9.06. The first-order chi connectivity index (χ1) is 8.69. The number of anilines is 2. The summed E-state index contributed by atoms with van der Waals surface area (Å²) in [5.74, 6) is -0.612. The van der Waals surface area contributed by atoms with Crippen molar-refractivity contribution < 1.29 is 18.3 Å². The van der Waals surface area contributed by atoms with E-state index in [4.69, 9.17) is 4.74 Å². The first-order valence-corrected chi connectivity index (χ1v) is 5.20. The SMILES string of the molecule is O=CN1c2ccc(F)cc2Oc2cc(F)ccc21. The van der Waals surface area contributed by atoms with Crippen LogP contribution < -0.4 is 9.64 Å². The molecule has 0 radical (unpaired) electrons. The minimum absolute atomic E-state index is 0.181. The first-order valence-electron chi connectivity index (χ1n) is 5.20. The van der Waals surface area contributed by atoms with E-state index in [0.717, 1.165) is 12.1 Å². The average molecular weight is 247 g/mol. The van der Waals surface area contributed by atoms with Crippen molar-refractivity contribution >= 4 is 17.8 Å². The number of carbonyl (C=O) groups excluding carboxylic acids is 1. The van der Waals surface area contributed by atoms with Crippen LogP contribution in [0.3, 0.4) is 0 Å². The molecule has 0 atom stereocenters. The number of hydrogen-bond donors (Lipinski definition) is 0. The summed E-state index contributed by atoms with van der Waals surface area (Å²) in [4.78, 5) is 12.4. The van der Waals surface area contributed by atoms with Gasteiger partial charge in [-0.25, -0.2) is 8.78 Å². The van der Waals surface area contributed by atoms with Crippen molar-refractivity contribution in [3.05, 3.63) is 48.0 Å². The van der Waals surface area contributed by atoms with E-state index in [2.05, 4.69) is 0 Å². The van der Waals surface area contributed by atoms with Gasteiger partial charge in [0.05, 0.1) is 11.4 Å². The van der Waals surface area contributed by atoms with E-state index < -0.39 is 11.6 Å². The molecule has 0 spiro atoms. The van der Waals surface area contributed by atoms with E-state index in [-0.39, 0.29) is 11.5 Å². The Morgan fingerprint density at radius 3 is 1.89 bits per heavy atom. The minimum atomic E-state index is -0.487. The molecule has 0 saturated heterocycles. The number of nitrogens with zero attached hydrogens (tertiary/aromatic N) is 1. The highest BCUT2D eigenvalue weighted by molar-refractivity contribution is 5.93. The predicted molar refractivity (Wildman–Crippen MR) is 61.1 cm³/mol. The van der Waals surface area contributed by atoms with Crippen molar-refractivity contribution in [2.45, 2.75) is 0 Å². The van der Waals surface area contributed by atoms with Crippen molar-refractivity contribution in [1.29, 1.82) is 0 Å². The van der Waals surface area contributed by atoms with Crippen LogP contribution in [0.4, 0.5) is 20.2 Å². The highest BCUT2D eigenvalue weighted by Gasteiger charge is 2.24. The molecule has 1 heterocycles. The maximum atomic E-state index is 13.1. The number of amides is 1. The van der Waals surface area contributed by atoms with Crippen LogP contribution in [-0.4, -0.2) is 6.41 Å². The van der Waals surface area contributed by atoms with Gasteiger partial charge in [-0.05, 0) is 24.3 Å². The molecule has 1 aliphatic heterocycles. The molecule has 0 saturated carbocycles. The lowest BCUT2D eigenvalue weighted by Gasteiger charge is -2.28. The molecule has 90 valence electrons. The molecule has 5 heteroatoms. The summed E-state index contributed by atoms with van der Waals surface area (Å²) in [6.07, 6.45) is 0.579. The van der Waals surface area contributed by atoms with E-state index in [1.807, 2.05) is 0 Å². The minimum Gasteiger partial charge on any atom is -0.453 e. The van der Waals surface area contributed by atoms with Crippen molar-refractivity contribution in [3.63, 3.8) is 0 Å². The second-order valence-electron chi connectivity index (χ2n) is 3.80. The molecule has 0 N–H and O–H groups in total. The summed E-state index contributed by atoms with van der Waals surface area (Å²) in [6, 6.07) is 7.64. The number of ether oxygens (including phenoxy) is 1. The van der Waals surface area contributed by atoms with Gasteiger partial charge in [-0.1, -0.05) is 0 Å². The highest BCUT2D eigenvalue weighted by atomic mass is 19.1. The van der Waals surface area contributed by atoms with Crippen LogP contribution in [-0.2, 0) is 4.79 Å². The van der Waals surface area contributed by atoms with Gasteiger partial charge in [0.15, 0.2) is 11.5 Å². The lowest BCUT2D eigenvalue weighted by atomic mass is 10.2. The van der Waals surface area contributed by atoms with Crippen LogP contribution in [0.2, 0.25) is 0 Å². The summed E-state index contributed by atoms with van der Waals surface area (Å²) in [7, 11) is 0. The van der Waals surface area contributed by atoms with Gasteiger partial charge in [-0.3, -0.25) is 9.69 Å². The lowest BCUT2D eigenvalue weighted by Crippen LogP contribution is -2.19. The zero-order chi connectivity index (χ0) is 12.7. The molecule has 18 heavy (non-hydrogen) atoms. The molecule has 1 aliphatic rings. The molecule has 0 aliphatic carbocycles. The third kappa shape index (κ3) is 1.52. The molecular formula is C13H7F2NO2. The second kappa shape index (κ2) is 3.80. The van der Waals surface area contributed by atoms with Gasteiger partial charge in [0.1, 0.15) is 11.6 Å². The van der Waals surface area contributed by atoms with Gasteiger partial charge in [-0.15, -0.1) is 0 Å². The molecule has 3 nitrogen and oxygen atoms in total. The van der Waals surface area contributed by atoms with Crippen molar-refractivity contribution in [3.8, 4) is 11.5 Å². The Morgan fingerprint density at radius 1 is 0.944 bits per heavy atom. The number of halogens is 2. The largest absolute Gasteiger partial charge is 0.453 e. The van der Waals surface area contributed by atoms with E-state index in [1.54, 1.807) is 0 Å². The lowest BCUT2D eigenvalue weighted by molar-refractivity contribution is -0.106. The Morgan fingerprint density at radius 2 is 1.44 bits per heavy atom. The summed E-state index contributed by atoms with van der Waals surface area (Å²) in [5, 5.41) is 0. The molecule has 0 fully saturated rings. The quantitative estimate of drug-likeness (QED) is 0.723. The third-order valence-electron chi connectivity index (χ3n) is 2.69. The standard InChI is InChI=1S/C13H7F2NO2/c14-8-1-3-10-12(5-8)18-13-6-9(15)2-4-11(13)16(10)7-17/h1-7H. The Balaban J connectivity index is 2.21. The Hall–Kier alpha value is -2.43. The topological polar surface area (TPSA) is 29.5 Å². The van der Waals surface area contributed by atoms with Crippen LogP contribution in [0, 0.1) is 11.6 Å². The zero-order valence-electron chi connectivity index (χ0n) is 9.06. The van der Waals surface area contributed by atoms with Gasteiger partial charge < -0.3 is 4.74 Å². The van der Waals surface area contributed by atoms with Crippen molar-refractivity contribution in [2.75, 3.05) is 4.90 Å². The number of rotatable bonds is 1. The smallest absolute Gasteiger partial charge is 0.218 e. The van der Waals surface area contributed by atoms with E-state index in [9.17, 15) is 13.6 Å². The van der Waals surface area contributed by atoms with Crippen LogP contribution in [0.25, 0.3) is 0 Å². The fourth-order valence-electron chi connectivity index (χ4n) is 1.90. The van der Waals surface area contributed by atoms with Crippen LogP contribution in [0.5, 0.6) is 11.5 Å². The molecule has 0 aromatic heterocycles. The number of benzene rings is 2. The van der Waals surface area contributed by atoms with Crippen LogP contribution in [0.1, 0.15) is 0 Å². The fraction of sp³-hybridized carbons (Fsp3) is 0. The average Bonchev–Trinajstić information content (AvgIpc) is 2.35. The Kier molecular flexibility index (Phi) is 2.26. The maximum absolute atomic E-state index is 13.1. The normalized spacial score (nSPS) is 12.4. The molecule has 0 unspecified atom stereocenters. The molecule has 2 aromatic carbocycles. The third-order valence-corrected chi connectivity index (χ3v) is 2.69. The second-order valence-corrected chi connectivity index (χ2v) is 3.80. The van der Waals surface area contributed by atoms with Gasteiger partial charge >= 0.3 is 0 Å². The van der Waals surface area contributed by atoms with Gasteiger partial charge in [-0.2, -0.15) is 0 Å². The van der Waals surface area contributed by atoms with Gasteiger partial charge in [0.2, 0.25) is 6.41 Å². The Bertz CT molecular complexity index is 591. The monoisotopic (exact) mass is 247 g/mol. The van der Waals surface area contributed by atoms with Crippen molar-refractivity contribution in [1.82, 2.24) is 0 Å². The van der Waals surface area contributed by atoms with E-state index in [0.29, 0.717) is 17.8 Å². The van der Waals surface area contributed by atoms with E-state index >= 15 is 0 Å². The molecular weight excluding hydrogens is 240 g/mol. The number of fused-ring (bicyclic) bond motifs is 2. The van der Waals surface area contributed by atoms with Crippen molar-refractivity contribution in [2.24, 2.45) is 0 Å². The molecule has 3 rings (SSSR count). The fourth-order valence-corrected chi connectivity index (χ4v) is 1.90. The molecule has 1 amide bonds. The number of carbonyl (C=O) groups is 1.